The maximum Gasteiger partial charge on any atom is 0.243 e. The van der Waals surface area contributed by atoms with Crippen molar-refractivity contribution in [3.8, 4) is 0 Å². The first kappa shape index (κ1) is 48.8. The first-order valence-corrected chi connectivity index (χ1v) is 20.8. The molecule has 0 saturated heterocycles. The fourth-order valence-corrected chi connectivity index (χ4v) is 6.24. The number of amides is 5. The van der Waals surface area contributed by atoms with Gasteiger partial charge < -0.3 is 42.6 Å². The average molecular weight is 775 g/mol. The lowest BCUT2D eigenvalue weighted by Gasteiger charge is -2.28. The highest BCUT2D eigenvalue weighted by molar-refractivity contribution is 5.95. The zero-order valence-corrected chi connectivity index (χ0v) is 34.6. The minimum Gasteiger partial charge on any atom is -0.370 e. The van der Waals surface area contributed by atoms with Gasteiger partial charge >= 0.3 is 0 Å². The van der Waals surface area contributed by atoms with Crippen LogP contribution in [0.1, 0.15) is 150 Å². The molecule has 55 heavy (non-hydrogen) atoms. The minimum absolute atomic E-state index is 0.119. The number of hydrogen-bond acceptors (Lipinski definition) is 7. The lowest BCUT2D eigenvalue weighted by atomic mass is 9.99. The van der Waals surface area contributed by atoms with Crippen LogP contribution in [0.3, 0.4) is 0 Å². The lowest BCUT2D eigenvalue weighted by molar-refractivity contribution is -0.135. The van der Waals surface area contributed by atoms with E-state index in [4.69, 9.17) is 11.1 Å². The minimum atomic E-state index is -1.00. The fourth-order valence-electron chi connectivity index (χ4n) is 6.24. The van der Waals surface area contributed by atoms with E-state index in [0.29, 0.717) is 31.5 Å². The fraction of sp³-hybridized carbons (Fsp3) is 0.775. The van der Waals surface area contributed by atoms with Crippen LogP contribution in [0, 0.1) is 17.2 Å². The summed E-state index contributed by atoms with van der Waals surface area (Å²) in [4.78, 5) is 72.8. The molecule has 0 saturated carbocycles. The number of nitrogens with one attached hydrogen (secondary N) is 8. The number of nitrogens with two attached hydrogens (primary N) is 1. The van der Waals surface area contributed by atoms with E-state index in [1.807, 2.05) is 6.92 Å². The highest BCUT2D eigenvalue weighted by atomic mass is 16.2. The third-order valence-corrected chi connectivity index (χ3v) is 9.59. The van der Waals surface area contributed by atoms with Gasteiger partial charge in [0.25, 0.3) is 0 Å². The van der Waals surface area contributed by atoms with Crippen LogP contribution < -0.4 is 37.6 Å². The summed E-state index contributed by atoms with van der Waals surface area (Å²) in [5, 5.41) is 23.9. The second-order valence-corrected chi connectivity index (χ2v) is 15.5. The second kappa shape index (κ2) is 29.2. The summed E-state index contributed by atoms with van der Waals surface area (Å²) in [5.41, 5.74) is 5.90. The molecule has 0 unspecified atom stereocenters. The predicted octanol–water partition coefficient (Wildman–Crippen LogP) is 4.08. The molecule has 4 atom stereocenters. The molecule has 1 heterocycles. The number of hydrogen-bond donors (Lipinski definition) is 9. The number of nitrogens with zero attached hydrogens (tertiary/aromatic N) is 1. The first-order valence-electron chi connectivity index (χ1n) is 20.8. The second-order valence-electron chi connectivity index (χ2n) is 15.5. The van der Waals surface area contributed by atoms with Gasteiger partial charge in [-0.3, -0.25) is 29.4 Å². The van der Waals surface area contributed by atoms with Crippen LogP contribution in [0.25, 0.3) is 0 Å². The predicted molar refractivity (Wildman–Crippen MR) is 218 cm³/mol. The molecule has 0 radical (unpaired) electrons. The lowest BCUT2D eigenvalue weighted by Crippen LogP contribution is -2.60. The van der Waals surface area contributed by atoms with Crippen molar-refractivity contribution in [2.75, 3.05) is 13.1 Å². The normalized spacial score (nSPS) is 13.4. The number of aromatic nitrogens is 2. The number of H-pyrrole nitrogens is 1. The zero-order valence-electron chi connectivity index (χ0n) is 34.6. The molecule has 0 aliphatic carbocycles. The Morgan fingerprint density at radius 2 is 1.24 bits per heavy atom. The van der Waals surface area contributed by atoms with E-state index in [9.17, 15) is 24.0 Å². The monoisotopic (exact) mass is 775 g/mol. The maximum atomic E-state index is 13.6. The Labute approximate surface area is 329 Å². The van der Waals surface area contributed by atoms with Gasteiger partial charge in [0.15, 0.2) is 5.96 Å². The van der Waals surface area contributed by atoms with Gasteiger partial charge in [-0.2, -0.15) is 0 Å². The molecule has 1 aromatic heterocycles. The highest BCUT2D eigenvalue weighted by Crippen LogP contribution is 2.13. The molecule has 1 rings (SSSR count). The van der Waals surface area contributed by atoms with Crippen LogP contribution >= 0.6 is 0 Å². The Morgan fingerprint density at radius 3 is 1.76 bits per heavy atom. The number of aromatic amines is 1. The third-order valence-electron chi connectivity index (χ3n) is 9.59. The first-order chi connectivity index (χ1) is 26.2. The van der Waals surface area contributed by atoms with Crippen LogP contribution in [0.2, 0.25) is 0 Å². The van der Waals surface area contributed by atoms with Crippen molar-refractivity contribution < 1.29 is 24.0 Å². The third kappa shape index (κ3) is 23.4. The van der Waals surface area contributed by atoms with Crippen LogP contribution in [-0.4, -0.2) is 82.7 Å². The van der Waals surface area contributed by atoms with E-state index in [2.05, 4.69) is 48.8 Å². The molecule has 0 aliphatic rings. The number of imidazole rings is 1. The molecular formula is C40H74N10O5. The van der Waals surface area contributed by atoms with Crippen molar-refractivity contribution >= 4 is 35.5 Å². The Bertz CT molecular complexity index is 1260. The Balaban J connectivity index is 2.60. The van der Waals surface area contributed by atoms with Crippen molar-refractivity contribution in [2.45, 2.75) is 175 Å². The summed E-state index contributed by atoms with van der Waals surface area (Å²) in [6, 6.07) is -3.16. The summed E-state index contributed by atoms with van der Waals surface area (Å²) in [6.07, 6.45) is 20.7. The Hall–Kier alpha value is -4.17. The topological polar surface area (TPSA) is 236 Å². The molecule has 10 N–H and O–H groups in total. The maximum absolute atomic E-state index is 13.6. The van der Waals surface area contributed by atoms with Gasteiger partial charge in [0.2, 0.25) is 29.5 Å². The van der Waals surface area contributed by atoms with Crippen LogP contribution in [0.5, 0.6) is 0 Å². The average Bonchev–Trinajstić information content (AvgIpc) is 3.64. The number of carbonyl (C=O) groups is 5. The van der Waals surface area contributed by atoms with Gasteiger partial charge in [0.1, 0.15) is 18.1 Å². The summed E-state index contributed by atoms with van der Waals surface area (Å²) in [7, 11) is 0. The molecule has 0 bridgehead atoms. The molecule has 0 spiro atoms. The van der Waals surface area contributed by atoms with Gasteiger partial charge in [-0.05, 0) is 38.0 Å². The van der Waals surface area contributed by atoms with Crippen molar-refractivity contribution in [3.63, 3.8) is 0 Å². The van der Waals surface area contributed by atoms with E-state index in [1.165, 1.54) is 70.5 Å². The summed E-state index contributed by atoms with van der Waals surface area (Å²) in [5.74, 6) is -2.98. The standard InChI is InChI=1S/C40H74N10O5/c1-7-8-9-10-11-12-13-14-15-16-17-18-19-22-33(51)45-26-34(52)49-35(28(2)3)39(55)50-36(29(4)5)38(54)48-32(24-31-25-43-27-46-31)37(53)47-30(6)21-20-23-44-40(41)42/h25,27-30,32,35-36H,7-24,26H2,1-6H3,(H,43,46)(H,45,51)(H,47,53)(H,48,54)(H,49,52)(H,50,55)(H4,41,42,44)/t30-,32+,35+,36+/m1/s1. The van der Waals surface area contributed by atoms with Crippen molar-refractivity contribution in [1.82, 2.24) is 41.9 Å². The molecule has 5 amide bonds. The van der Waals surface area contributed by atoms with Gasteiger partial charge in [0.05, 0.1) is 18.6 Å². The Kier molecular flexibility index (Phi) is 25.9. The molecular weight excluding hydrogens is 701 g/mol. The smallest absolute Gasteiger partial charge is 0.243 e. The number of unbranched alkanes of at least 4 members (excludes halogenated alkanes) is 12. The van der Waals surface area contributed by atoms with E-state index >= 15 is 0 Å². The quantitative estimate of drug-likeness (QED) is 0.0302. The highest BCUT2D eigenvalue weighted by Gasteiger charge is 2.33. The SMILES string of the molecule is CCCCCCCCCCCCCCCC(=O)NCC(=O)N[C@H](C(=O)N[C@H](C(=O)N[C@@H](Cc1c[nH]cn1)C(=O)N[C@H](C)CCCNC(=N)N)C(C)C)C(C)C. The summed E-state index contributed by atoms with van der Waals surface area (Å²) < 4.78 is 0. The van der Waals surface area contributed by atoms with Crippen molar-refractivity contribution in [2.24, 2.45) is 17.6 Å². The molecule has 0 aliphatic heterocycles. The largest absolute Gasteiger partial charge is 0.370 e. The Morgan fingerprint density at radius 1 is 0.691 bits per heavy atom. The van der Waals surface area contributed by atoms with Crippen molar-refractivity contribution in [3.05, 3.63) is 18.2 Å². The number of guanidine groups is 1. The molecule has 15 heteroatoms. The van der Waals surface area contributed by atoms with Gasteiger partial charge in [-0.1, -0.05) is 112 Å². The molecule has 15 nitrogen and oxygen atoms in total. The molecule has 1 aromatic rings. The molecule has 314 valence electrons. The van der Waals surface area contributed by atoms with Gasteiger partial charge in [0, 0.05) is 31.6 Å². The van der Waals surface area contributed by atoms with Crippen molar-refractivity contribution in [1.29, 1.82) is 5.41 Å². The molecule has 0 aromatic carbocycles. The van der Waals surface area contributed by atoms with Gasteiger partial charge in [-0.25, -0.2) is 4.98 Å². The molecule has 0 fully saturated rings. The van der Waals surface area contributed by atoms with E-state index in [0.717, 1.165) is 19.3 Å². The number of carbonyl (C=O) groups excluding carboxylic acids is 5. The number of rotatable bonds is 31. The zero-order chi connectivity index (χ0) is 41.0. The summed E-state index contributed by atoms with van der Waals surface area (Å²) in [6.45, 7) is 11.4. The van der Waals surface area contributed by atoms with E-state index < -0.39 is 41.8 Å². The van der Waals surface area contributed by atoms with Crippen LogP contribution in [0.15, 0.2) is 12.5 Å². The van der Waals surface area contributed by atoms with E-state index in [-0.39, 0.29) is 42.7 Å². The summed E-state index contributed by atoms with van der Waals surface area (Å²) >= 11 is 0. The van der Waals surface area contributed by atoms with Gasteiger partial charge in [-0.15, -0.1) is 0 Å². The van der Waals surface area contributed by atoms with Crippen LogP contribution in [0.4, 0.5) is 0 Å². The van der Waals surface area contributed by atoms with Crippen LogP contribution in [-0.2, 0) is 30.4 Å². The van der Waals surface area contributed by atoms with E-state index in [1.54, 1.807) is 33.9 Å².